The van der Waals surface area contributed by atoms with Crippen LogP contribution in [0.2, 0.25) is 5.02 Å². The molecule has 1 amide bonds. The summed E-state index contributed by atoms with van der Waals surface area (Å²) < 4.78 is 10.9. The van der Waals surface area contributed by atoms with Crippen LogP contribution in [0.1, 0.15) is 51.5 Å². The highest BCUT2D eigenvalue weighted by molar-refractivity contribution is 14.1. The van der Waals surface area contributed by atoms with E-state index in [9.17, 15) is 19.5 Å². The van der Waals surface area contributed by atoms with Crippen LogP contribution in [0.25, 0.3) is 0 Å². The summed E-state index contributed by atoms with van der Waals surface area (Å²) in [5.41, 5.74) is 1.20. The molecule has 9 heteroatoms. The molecule has 0 aromatic heterocycles. The highest BCUT2D eigenvalue weighted by atomic mass is 127. The zero-order valence-electron chi connectivity index (χ0n) is 20.9. The lowest BCUT2D eigenvalue weighted by molar-refractivity contribution is -0.146. The van der Waals surface area contributed by atoms with Crippen molar-refractivity contribution >= 4 is 52.0 Å². The molecule has 7 nitrogen and oxygen atoms in total. The van der Waals surface area contributed by atoms with Gasteiger partial charge in [-0.05, 0) is 43.4 Å². The Kier molecular flexibility index (Phi) is 13.3. The number of carboxylic acid groups (broad SMARTS) is 1. The number of amides is 1. The number of aliphatic carboxylic acids is 1. The van der Waals surface area contributed by atoms with Crippen LogP contribution < -0.4 is 4.74 Å². The number of carboxylic acids is 1. The molecule has 0 radical (unpaired) electrons. The third kappa shape index (κ3) is 9.76. The minimum Gasteiger partial charge on any atom is -0.494 e. The van der Waals surface area contributed by atoms with Gasteiger partial charge in [-0.3, -0.25) is 14.4 Å². The Morgan fingerprint density at radius 2 is 1.83 bits per heavy atom. The van der Waals surface area contributed by atoms with Gasteiger partial charge in [0, 0.05) is 21.1 Å². The number of alkyl halides is 1. The fourth-order valence-electron chi connectivity index (χ4n) is 3.62. The van der Waals surface area contributed by atoms with Gasteiger partial charge in [-0.2, -0.15) is 0 Å². The second kappa shape index (κ2) is 15.9. The molecular weight excluding hydrogens is 597 g/mol. The summed E-state index contributed by atoms with van der Waals surface area (Å²) in [5, 5.41) is 9.95. The number of aryl methyl sites for hydroxylation is 1. The number of ether oxygens (including phenoxy) is 2. The van der Waals surface area contributed by atoms with Crippen LogP contribution in [0.5, 0.6) is 5.75 Å². The number of hydrogen-bond acceptors (Lipinski definition) is 5. The van der Waals surface area contributed by atoms with Crippen molar-refractivity contribution in [3.05, 3.63) is 52.6 Å². The van der Waals surface area contributed by atoms with Gasteiger partial charge in [-0.15, -0.1) is 0 Å². The van der Waals surface area contributed by atoms with E-state index in [0.717, 1.165) is 31.2 Å². The van der Waals surface area contributed by atoms with Gasteiger partial charge in [0.25, 0.3) is 5.91 Å². The van der Waals surface area contributed by atoms with E-state index < -0.39 is 24.3 Å². The van der Waals surface area contributed by atoms with Crippen molar-refractivity contribution in [1.82, 2.24) is 4.90 Å². The standard InChI is InChI=1S/C27H35ClINO6/c1-3-5-14-35-21-11-9-19(23(28)17-21)8-7-13-30(18-25(31)32)26(33)20-10-12-24(29)22(16-20)27(34)36-15-6-4-2/h9-12,16-17,22,24H,3-8,13-15,18H2,1-2H3,(H,31,32)/t22?,24-/m0/s1. The molecule has 2 rings (SSSR count). The molecule has 1 N–H and O–H groups in total. The van der Waals surface area contributed by atoms with Crippen molar-refractivity contribution in [3.63, 3.8) is 0 Å². The number of nitrogens with zero attached hydrogens (tertiary/aromatic N) is 1. The number of esters is 1. The van der Waals surface area contributed by atoms with Gasteiger partial charge in [0.05, 0.1) is 19.1 Å². The lowest BCUT2D eigenvalue weighted by Gasteiger charge is -2.25. The molecule has 2 atom stereocenters. The van der Waals surface area contributed by atoms with Crippen LogP contribution >= 0.6 is 34.2 Å². The normalized spacial score (nSPS) is 16.8. The summed E-state index contributed by atoms with van der Waals surface area (Å²) in [7, 11) is 0. The Bertz CT molecular complexity index is 964. The number of unbranched alkanes of at least 4 members (excludes halogenated alkanes) is 2. The quantitative estimate of drug-likeness (QED) is 0.117. The third-order valence-corrected chi connectivity index (χ3v) is 7.24. The monoisotopic (exact) mass is 631 g/mol. The first-order chi connectivity index (χ1) is 17.3. The molecular formula is C27H35ClINO6. The number of halogens is 2. The maximum atomic E-state index is 13.2. The minimum absolute atomic E-state index is 0.141. The Labute approximate surface area is 232 Å². The van der Waals surface area contributed by atoms with Gasteiger partial charge in [0.1, 0.15) is 12.3 Å². The number of allylic oxidation sites excluding steroid dienone is 1. The third-order valence-electron chi connectivity index (χ3n) is 5.70. The Morgan fingerprint density at radius 1 is 1.11 bits per heavy atom. The van der Waals surface area contributed by atoms with E-state index in [1.807, 2.05) is 19.1 Å². The van der Waals surface area contributed by atoms with Gasteiger partial charge in [0.15, 0.2) is 0 Å². The second-order valence-electron chi connectivity index (χ2n) is 8.65. The maximum absolute atomic E-state index is 13.2. The van der Waals surface area contributed by atoms with Crippen molar-refractivity contribution in [1.29, 1.82) is 0 Å². The molecule has 0 aliphatic heterocycles. The molecule has 1 aromatic rings. The Balaban J connectivity index is 2.03. The molecule has 36 heavy (non-hydrogen) atoms. The molecule has 1 aromatic carbocycles. The Hall–Kier alpha value is -2.07. The van der Waals surface area contributed by atoms with Crippen LogP contribution in [-0.4, -0.2) is 58.1 Å². The fraction of sp³-hybridized carbons (Fsp3) is 0.519. The molecule has 198 valence electrons. The van der Waals surface area contributed by atoms with Crippen LogP contribution in [0, 0.1) is 5.92 Å². The molecule has 0 saturated carbocycles. The predicted molar refractivity (Wildman–Crippen MR) is 149 cm³/mol. The van der Waals surface area contributed by atoms with Crippen LogP contribution in [0.3, 0.4) is 0 Å². The van der Waals surface area contributed by atoms with E-state index in [2.05, 4.69) is 29.5 Å². The van der Waals surface area contributed by atoms with Crippen molar-refractivity contribution in [3.8, 4) is 5.75 Å². The van der Waals surface area contributed by atoms with E-state index >= 15 is 0 Å². The highest BCUT2D eigenvalue weighted by Gasteiger charge is 2.30. The first-order valence-corrected chi connectivity index (χ1v) is 14.0. The molecule has 0 fully saturated rings. The summed E-state index contributed by atoms with van der Waals surface area (Å²) >= 11 is 8.55. The largest absolute Gasteiger partial charge is 0.494 e. The second-order valence-corrected chi connectivity index (χ2v) is 10.5. The number of carbonyl (C=O) groups is 3. The number of carbonyl (C=O) groups excluding carboxylic acids is 2. The van der Waals surface area contributed by atoms with Gasteiger partial charge < -0.3 is 19.5 Å². The maximum Gasteiger partial charge on any atom is 0.323 e. The zero-order chi connectivity index (χ0) is 26.5. The van der Waals surface area contributed by atoms with Crippen molar-refractivity contribution in [2.75, 3.05) is 26.3 Å². The van der Waals surface area contributed by atoms with Gasteiger partial charge >= 0.3 is 11.9 Å². The topological polar surface area (TPSA) is 93.1 Å². The first kappa shape index (κ1) is 30.2. The minimum atomic E-state index is -1.10. The molecule has 0 saturated heterocycles. The SMILES string of the molecule is CCCCOC(=O)C1C=C(C(=O)N(CCCc2ccc(OCCCC)cc2Cl)CC(=O)O)C=C[C@@H]1I. The summed E-state index contributed by atoms with van der Waals surface area (Å²) in [6.07, 6.45) is 9.84. The lowest BCUT2D eigenvalue weighted by Crippen LogP contribution is -2.38. The molecule has 0 heterocycles. The van der Waals surface area contributed by atoms with E-state index in [4.69, 9.17) is 21.1 Å². The van der Waals surface area contributed by atoms with E-state index in [1.165, 1.54) is 4.90 Å². The van der Waals surface area contributed by atoms with E-state index in [0.29, 0.717) is 42.4 Å². The number of rotatable bonds is 15. The van der Waals surface area contributed by atoms with Gasteiger partial charge in [-0.25, -0.2) is 0 Å². The lowest BCUT2D eigenvalue weighted by atomic mass is 9.95. The predicted octanol–water partition coefficient (Wildman–Crippen LogP) is 5.62. The van der Waals surface area contributed by atoms with Crippen LogP contribution in [0.4, 0.5) is 0 Å². The number of benzene rings is 1. The molecule has 0 bridgehead atoms. The van der Waals surface area contributed by atoms with E-state index in [-0.39, 0.29) is 16.4 Å². The summed E-state index contributed by atoms with van der Waals surface area (Å²) in [5.74, 6) is -1.77. The molecule has 0 spiro atoms. The smallest absolute Gasteiger partial charge is 0.323 e. The van der Waals surface area contributed by atoms with Gasteiger partial charge in [0.2, 0.25) is 0 Å². The van der Waals surface area contributed by atoms with Crippen molar-refractivity contribution in [2.24, 2.45) is 5.92 Å². The Morgan fingerprint density at radius 3 is 2.50 bits per heavy atom. The van der Waals surface area contributed by atoms with Crippen LogP contribution in [-0.2, 0) is 25.5 Å². The summed E-state index contributed by atoms with van der Waals surface area (Å²) in [4.78, 5) is 38.5. The molecule has 1 unspecified atom stereocenters. The average molecular weight is 632 g/mol. The summed E-state index contributed by atoms with van der Waals surface area (Å²) in [6.45, 7) is 4.90. The van der Waals surface area contributed by atoms with Crippen molar-refractivity contribution in [2.45, 2.75) is 56.3 Å². The zero-order valence-corrected chi connectivity index (χ0v) is 23.8. The highest BCUT2D eigenvalue weighted by Crippen LogP contribution is 2.27. The van der Waals surface area contributed by atoms with Crippen molar-refractivity contribution < 1.29 is 29.0 Å². The van der Waals surface area contributed by atoms with E-state index in [1.54, 1.807) is 24.3 Å². The number of hydrogen-bond donors (Lipinski definition) is 1. The molecule has 1 aliphatic rings. The fourth-order valence-corrected chi connectivity index (χ4v) is 4.60. The van der Waals surface area contributed by atoms with Gasteiger partial charge in [-0.1, -0.05) is 85.2 Å². The molecule has 1 aliphatic carbocycles. The van der Waals surface area contributed by atoms with Crippen LogP contribution in [0.15, 0.2) is 42.0 Å². The first-order valence-electron chi connectivity index (χ1n) is 12.4. The average Bonchev–Trinajstić information content (AvgIpc) is 2.84. The summed E-state index contributed by atoms with van der Waals surface area (Å²) in [6, 6.07) is 5.55.